The van der Waals surface area contributed by atoms with Crippen LogP contribution in [0.2, 0.25) is 0 Å². The number of aromatic nitrogens is 1. The molecule has 0 radical (unpaired) electrons. The van der Waals surface area contributed by atoms with Gasteiger partial charge in [0.2, 0.25) is 0 Å². The van der Waals surface area contributed by atoms with Crippen LogP contribution in [-0.2, 0) is 5.60 Å². The van der Waals surface area contributed by atoms with Gasteiger partial charge in [-0.15, -0.1) is 0 Å². The van der Waals surface area contributed by atoms with E-state index < -0.39 is 5.60 Å². The first-order valence-corrected chi connectivity index (χ1v) is 7.46. The number of pyridine rings is 1. The summed E-state index contributed by atoms with van der Waals surface area (Å²) < 4.78 is 0. The number of aliphatic hydroxyl groups is 1. The molecule has 0 bridgehead atoms. The highest BCUT2D eigenvalue weighted by atomic mass is 16.3. The second-order valence-electron chi connectivity index (χ2n) is 7.22. The van der Waals surface area contributed by atoms with Crippen LogP contribution in [0.1, 0.15) is 64.0 Å². The van der Waals surface area contributed by atoms with Gasteiger partial charge >= 0.3 is 0 Å². The van der Waals surface area contributed by atoms with Gasteiger partial charge < -0.3 is 5.11 Å². The van der Waals surface area contributed by atoms with Crippen molar-refractivity contribution in [3.63, 3.8) is 0 Å². The summed E-state index contributed by atoms with van der Waals surface area (Å²) in [6.07, 6.45) is 8.82. The first-order chi connectivity index (χ1) is 8.83. The summed E-state index contributed by atoms with van der Waals surface area (Å²) in [5.74, 6) is 0.707. The van der Waals surface area contributed by atoms with Crippen molar-refractivity contribution in [2.75, 3.05) is 0 Å². The van der Waals surface area contributed by atoms with Crippen molar-refractivity contribution in [1.82, 2.24) is 4.98 Å². The molecule has 2 unspecified atom stereocenters. The number of aryl methyl sites for hydroxylation is 1. The molecule has 1 aliphatic carbocycles. The predicted molar refractivity (Wildman–Crippen MR) is 78.9 cm³/mol. The molecule has 1 heterocycles. The standard InChI is InChI=1S/C17H27NO/c1-13-8-11-18-12-15(13)17(19)9-5-6-14(7-10-17)16(2,3)4/h8,11-12,14,19H,5-7,9-10H2,1-4H3. The molecule has 0 aliphatic heterocycles. The van der Waals surface area contributed by atoms with Crippen molar-refractivity contribution in [2.45, 2.75) is 65.4 Å². The number of nitrogens with zero attached hydrogens (tertiary/aromatic N) is 1. The maximum absolute atomic E-state index is 11.0. The Kier molecular flexibility index (Phi) is 4.00. The molecule has 19 heavy (non-hydrogen) atoms. The molecule has 0 aromatic carbocycles. The number of rotatable bonds is 1. The van der Waals surface area contributed by atoms with E-state index in [9.17, 15) is 5.11 Å². The molecule has 0 amide bonds. The molecule has 1 aliphatic rings. The highest BCUT2D eigenvalue weighted by molar-refractivity contribution is 5.28. The van der Waals surface area contributed by atoms with Crippen LogP contribution in [0.5, 0.6) is 0 Å². The van der Waals surface area contributed by atoms with Gasteiger partial charge in [0.1, 0.15) is 0 Å². The van der Waals surface area contributed by atoms with Gasteiger partial charge in [-0.25, -0.2) is 0 Å². The first kappa shape index (κ1) is 14.5. The van der Waals surface area contributed by atoms with Gasteiger partial charge in [0.15, 0.2) is 0 Å². The monoisotopic (exact) mass is 261 g/mol. The van der Waals surface area contributed by atoms with E-state index in [1.165, 1.54) is 6.42 Å². The van der Waals surface area contributed by atoms with Crippen LogP contribution in [0.25, 0.3) is 0 Å². The van der Waals surface area contributed by atoms with Crippen LogP contribution in [0, 0.1) is 18.3 Å². The van der Waals surface area contributed by atoms with Gasteiger partial charge in [0.25, 0.3) is 0 Å². The van der Waals surface area contributed by atoms with Crippen LogP contribution < -0.4 is 0 Å². The second kappa shape index (κ2) is 5.24. The van der Waals surface area contributed by atoms with Crippen molar-refractivity contribution in [3.8, 4) is 0 Å². The average Bonchev–Trinajstić information content (AvgIpc) is 2.52. The van der Waals surface area contributed by atoms with E-state index in [1.54, 1.807) is 6.20 Å². The first-order valence-electron chi connectivity index (χ1n) is 7.46. The Labute approximate surface area is 117 Å². The fourth-order valence-corrected chi connectivity index (χ4v) is 3.41. The maximum Gasteiger partial charge on any atom is 0.0914 e. The lowest BCUT2D eigenvalue weighted by atomic mass is 9.76. The van der Waals surface area contributed by atoms with Crippen LogP contribution in [-0.4, -0.2) is 10.1 Å². The summed E-state index contributed by atoms with van der Waals surface area (Å²) in [5, 5.41) is 11.0. The van der Waals surface area contributed by atoms with Crippen molar-refractivity contribution in [2.24, 2.45) is 11.3 Å². The Morgan fingerprint density at radius 1 is 1.26 bits per heavy atom. The minimum atomic E-state index is -0.668. The van der Waals surface area contributed by atoms with E-state index in [1.807, 2.05) is 12.3 Å². The topological polar surface area (TPSA) is 33.1 Å². The van der Waals surface area contributed by atoms with Crippen LogP contribution in [0.15, 0.2) is 18.5 Å². The van der Waals surface area contributed by atoms with Crippen LogP contribution in [0.3, 0.4) is 0 Å². The summed E-state index contributed by atoms with van der Waals surface area (Å²) in [7, 11) is 0. The molecule has 106 valence electrons. The van der Waals surface area contributed by atoms with Crippen LogP contribution in [0.4, 0.5) is 0 Å². The van der Waals surface area contributed by atoms with Gasteiger partial charge in [0.05, 0.1) is 5.60 Å². The van der Waals surface area contributed by atoms with Gasteiger partial charge in [-0.3, -0.25) is 4.98 Å². The van der Waals surface area contributed by atoms with Gasteiger partial charge in [-0.05, 0) is 62.0 Å². The molecule has 1 aromatic rings. The molecular formula is C17H27NO. The highest BCUT2D eigenvalue weighted by Crippen LogP contribution is 2.43. The zero-order valence-electron chi connectivity index (χ0n) is 12.7. The largest absolute Gasteiger partial charge is 0.385 e. The Morgan fingerprint density at radius 3 is 2.63 bits per heavy atom. The zero-order valence-corrected chi connectivity index (χ0v) is 12.7. The SMILES string of the molecule is Cc1ccncc1C1(O)CCCC(C(C)(C)C)CC1. The lowest BCUT2D eigenvalue weighted by molar-refractivity contribution is 0.0171. The Bertz CT molecular complexity index is 435. The maximum atomic E-state index is 11.0. The summed E-state index contributed by atoms with van der Waals surface area (Å²) in [6, 6.07) is 2.00. The van der Waals surface area contributed by atoms with E-state index in [4.69, 9.17) is 0 Å². The fraction of sp³-hybridized carbons (Fsp3) is 0.706. The minimum Gasteiger partial charge on any atom is -0.385 e. The quantitative estimate of drug-likeness (QED) is 0.768. The van der Waals surface area contributed by atoms with Crippen molar-refractivity contribution in [1.29, 1.82) is 0 Å². The van der Waals surface area contributed by atoms with Crippen molar-refractivity contribution < 1.29 is 5.11 Å². The molecule has 2 rings (SSSR count). The summed E-state index contributed by atoms with van der Waals surface area (Å²) >= 11 is 0. The van der Waals surface area contributed by atoms with Crippen molar-refractivity contribution >= 4 is 0 Å². The third kappa shape index (κ3) is 3.17. The van der Waals surface area contributed by atoms with Gasteiger partial charge in [-0.2, -0.15) is 0 Å². The zero-order chi connectivity index (χ0) is 14.1. The Balaban J connectivity index is 2.20. The molecule has 2 nitrogen and oxygen atoms in total. The third-order valence-electron chi connectivity index (χ3n) is 4.81. The summed E-state index contributed by atoms with van der Waals surface area (Å²) in [6.45, 7) is 9.02. The summed E-state index contributed by atoms with van der Waals surface area (Å²) in [5.41, 5.74) is 1.87. The molecule has 2 heteroatoms. The van der Waals surface area contributed by atoms with E-state index in [0.29, 0.717) is 11.3 Å². The van der Waals surface area contributed by atoms with E-state index >= 15 is 0 Å². The number of hydrogen-bond acceptors (Lipinski definition) is 2. The molecular weight excluding hydrogens is 234 g/mol. The molecule has 1 fully saturated rings. The Hall–Kier alpha value is -0.890. The molecule has 0 saturated heterocycles. The second-order valence-corrected chi connectivity index (χ2v) is 7.22. The molecule has 0 spiro atoms. The Morgan fingerprint density at radius 2 is 2.00 bits per heavy atom. The lowest BCUT2D eigenvalue weighted by Crippen LogP contribution is -2.27. The lowest BCUT2D eigenvalue weighted by Gasteiger charge is -2.31. The highest BCUT2D eigenvalue weighted by Gasteiger charge is 2.36. The molecule has 1 N–H and O–H groups in total. The van der Waals surface area contributed by atoms with Crippen molar-refractivity contribution in [3.05, 3.63) is 29.6 Å². The third-order valence-corrected chi connectivity index (χ3v) is 4.81. The van der Waals surface area contributed by atoms with Crippen LogP contribution >= 0.6 is 0 Å². The summed E-state index contributed by atoms with van der Waals surface area (Å²) in [4.78, 5) is 4.20. The molecule has 1 aromatic heterocycles. The van der Waals surface area contributed by atoms with Gasteiger partial charge in [0, 0.05) is 18.0 Å². The van der Waals surface area contributed by atoms with E-state index in [-0.39, 0.29) is 0 Å². The van der Waals surface area contributed by atoms with E-state index in [0.717, 1.165) is 36.8 Å². The van der Waals surface area contributed by atoms with Gasteiger partial charge in [-0.1, -0.05) is 20.8 Å². The average molecular weight is 261 g/mol. The molecule has 2 atom stereocenters. The number of hydrogen-bond donors (Lipinski definition) is 1. The normalized spacial score (nSPS) is 29.0. The van der Waals surface area contributed by atoms with E-state index in [2.05, 4.69) is 32.7 Å². The molecule has 1 saturated carbocycles. The fourth-order valence-electron chi connectivity index (χ4n) is 3.41. The predicted octanol–water partition coefficient (Wildman–Crippen LogP) is 4.20. The smallest absolute Gasteiger partial charge is 0.0914 e. The minimum absolute atomic E-state index is 0.342.